The normalized spacial score (nSPS) is 23.2. The van der Waals surface area contributed by atoms with Crippen molar-refractivity contribution in [3.05, 3.63) is 35.4 Å². The lowest BCUT2D eigenvalue weighted by atomic mass is 9.88. The highest BCUT2D eigenvalue weighted by molar-refractivity contribution is 5.98. The molecule has 2 heterocycles. The van der Waals surface area contributed by atoms with Crippen molar-refractivity contribution in [3.63, 3.8) is 0 Å². The topological polar surface area (TPSA) is 83.9 Å². The fraction of sp³-hybridized carbons (Fsp3) is 0.591. The quantitative estimate of drug-likeness (QED) is 0.759. The molecule has 2 aliphatic heterocycles. The average molecular weight is 387 g/mol. The molecule has 0 saturated carbocycles. The van der Waals surface area contributed by atoms with Crippen molar-refractivity contribution in [3.8, 4) is 0 Å². The van der Waals surface area contributed by atoms with Gasteiger partial charge in [0.1, 0.15) is 6.10 Å². The van der Waals surface area contributed by atoms with E-state index in [0.29, 0.717) is 44.7 Å². The molecule has 28 heavy (non-hydrogen) atoms. The molecule has 0 aromatic heterocycles. The Morgan fingerprint density at radius 1 is 1.04 bits per heavy atom. The van der Waals surface area contributed by atoms with Crippen molar-refractivity contribution in [2.45, 2.75) is 58.2 Å². The Labute approximate surface area is 165 Å². The van der Waals surface area contributed by atoms with Gasteiger partial charge >= 0.3 is 5.97 Å². The minimum absolute atomic E-state index is 0.0729. The summed E-state index contributed by atoms with van der Waals surface area (Å²) in [6.45, 7) is 5.37. The first-order valence-corrected chi connectivity index (χ1v) is 10.2. The molecule has 2 fully saturated rings. The molecular formula is C22H29NO5. The monoisotopic (exact) mass is 387 g/mol. The van der Waals surface area contributed by atoms with Gasteiger partial charge in [-0.1, -0.05) is 38.1 Å². The zero-order valence-electron chi connectivity index (χ0n) is 16.6. The number of hydrogen-bond acceptors (Lipinski definition) is 4. The van der Waals surface area contributed by atoms with E-state index >= 15 is 0 Å². The van der Waals surface area contributed by atoms with Gasteiger partial charge in [0, 0.05) is 24.6 Å². The van der Waals surface area contributed by atoms with Crippen molar-refractivity contribution < 1.29 is 24.2 Å². The number of carboxylic acids is 1. The Kier molecular flexibility index (Phi) is 6.50. The predicted octanol–water partition coefficient (Wildman–Crippen LogP) is 2.94. The highest BCUT2D eigenvalue weighted by Gasteiger charge is 2.38. The standard InChI is InChI=1S/C22H29NO5/c1-14(2)13-15-3-5-16(6-4-15)20(24)17-9-11-23(12-10-17)21(25)18-7-8-19(28-18)22(26)27/h3-6,14,17-19H,7-13H2,1-2H3,(H,26,27)/t18-,19+/m0/s1. The number of carboxylic acid groups (broad SMARTS) is 1. The first-order valence-electron chi connectivity index (χ1n) is 10.2. The first kappa shape index (κ1) is 20.5. The van der Waals surface area contributed by atoms with Gasteiger partial charge in [0.05, 0.1) is 0 Å². The molecule has 0 bridgehead atoms. The summed E-state index contributed by atoms with van der Waals surface area (Å²) in [4.78, 5) is 38.1. The van der Waals surface area contributed by atoms with Crippen molar-refractivity contribution in [1.82, 2.24) is 4.90 Å². The number of nitrogens with zero attached hydrogens (tertiary/aromatic N) is 1. The van der Waals surface area contributed by atoms with Crippen LogP contribution in [-0.2, 0) is 20.7 Å². The molecule has 0 aliphatic carbocycles. The maximum atomic E-state index is 12.8. The summed E-state index contributed by atoms with van der Waals surface area (Å²) in [5, 5.41) is 9.00. The van der Waals surface area contributed by atoms with E-state index in [9.17, 15) is 14.4 Å². The maximum Gasteiger partial charge on any atom is 0.332 e. The van der Waals surface area contributed by atoms with Crippen LogP contribution in [0.3, 0.4) is 0 Å². The molecule has 1 aromatic carbocycles. The summed E-state index contributed by atoms with van der Waals surface area (Å²) < 4.78 is 5.36. The summed E-state index contributed by atoms with van der Waals surface area (Å²) in [7, 11) is 0. The minimum atomic E-state index is -1.01. The molecule has 0 spiro atoms. The lowest BCUT2D eigenvalue weighted by Gasteiger charge is -2.32. The third-order valence-electron chi connectivity index (χ3n) is 5.63. The van der Waals surface area contributed by atoms with Crippen molar-refractivity contribution in [2.75, 3.05) is 13.1 Å². The summed E-state index contributed by atoms with van der Waals surface area (Å²) in [6, 6.07) is 7.89. The van der Waals surface area contributed by atoms with Crippen molar-refractivity contribution in [2.24, 2.45) is 11.8 Å². The molecule has 0 radical (unpaired) electrons. The number of carbonyl (C=O) groups excluding carboxylic acids is 2. The van der Waals surface area contributed by atoms with Gasteiger partial charge < -0.3 is 14.7 Å². The van der Waals surface area contributed by atoms with Crippen LogP contribution in [0.1, 0.15) is 55.5 Å². The lowest BCUT2D eigenvalue weighted by molar-refractivity contribution is -0.155. The molecule has 152 valence electrons. The van der Waals surface area contributed by atoms with E-state index in [-0.39, 0.29) is 17.6 Å². The second-order valence-corrected chi connectivity index (χ2v) is 8.29. The highest BCUT2D eigenvalue weighted by atomic mass is 16.5. The van der Waals surface area contributed by atoms with E-state index in [4.69, 9.17) is 9.84 Å². The number of ketones is 1. The molecule has 0 unspecified atom stereocenters. The third kappa shape index (κ3) is 4.79. The second kappa shape index (κ2) is 8.86. The molecule has 3 rings (SSSR count). The number of piperidine rings is 1. The van der Waals surface area contributed by atoms with E-state index in [2.05, 4.69) is 13.8 Å². The number of benzene rings is 1. The molecule has 1 aromatic rings. The predicted molar refractivity (Wildman–Crippen MR) is 104 cm³/mol. The molecule has 1 N–H and O–H groups in total. The van der Waals surface area contributed by atoms with Gasteiger partial charge in [-0.3, -0.25) is 9.59 Å². The van der Waals surface area contributed by atoms with E-state index < -0.39 is 18.2 Å². The Balaban J connectivity index is 1.51. The van der Waals surface area contributed by atoms with Gasteiger partial charge in [-0.2, -0.15) is 0 Å². The van der Waals surface area contributed by atoms with Gasteiger partial charge in [0.25, 0.3) is 5.91 Å². The Hall–Kier alpha value is -2.21. The highest BCUT2D eigenvalue weighted by Crippen LogP contribution is 2.26. The van der Waals surface area contributed by atoms with Gasteiger partial charge in [0.2, 0.25) is 0 Å². The molecule has 2 saturated heterocycles. The van der Waals surface area contributed by atoms with Gasteiger partial charge in [-0.25, -0.2) is 4.79 Å². The molecule has 2 aliphatic rings. The summed E-state index contributed by atoms with van der Waals surface area (Å²) in [5.41, 5.74) is 1.98. The largest absolute Gasteiger partial charge is 0.479 e. The molecule has 2 atom stereocenters. The summed E-state index contributed by atoms with van der Waals surface area (Å²) >= 11 is 0. The fourth-order valence-corrected chi connectivity index (χ4v) is 4.08. The Morgan fingerprint density at radius 3 is 2.18 bits per heavy atom. The number of rotatable bonds is 6. The summed E-state index contributed by atoms with van der Waals surface area (Å²) in [6.07, 6.45) is 1.53. The third-order valence-corrected chi connectivity index (χ3v) is 5.63. The zero-order valence-corrected chi connectivity index (χ0v) is 16.6. The van der Waals surface area contributed by atoms with Crippen LogP contribution >= 0.6 is 0 Å². The first-order chi connectivity index (χ1) is 13.3. The Morgan fingerprint density at radius 2 is 1.64 bits per heavy atom. The average Bonchev–Trinajstić information content (AvgIpc) is 3.18. The number of carbonyl (C=O) groups is 3. The van der Waals surface area contributed by atoms with E-state index in [1.54, 1.807) is 4.90 Å². The van der Waals surface area contributed by atoms with Crippen LogP contribution in [0.5, 0.6) is 0 Å². The van der Waals surface area contributed by atoms with Crippen LogP contribution < -0.4 is 0 Å². The molecule has 6 heteroatoms. The van der Waals surface area contributed by atoms with E-state index in [0.717, 1.165) is 12.0 Å². The smallest absolute Gasteiger partial charge is 0.332 e. The number of likely N-dealkylation sites (tertiary alicyclic amines) is 1. The second-order valence-electron chi connectivity index (χ2n) is 8.29. The van der Waals surface area contributed by atoms with Crippen LogP contribution in [0.4, 0.5) is 0 Å². The zero-order chi connectivity index (χ0) is 20.3. The number of Topliss-reactive ketones (excluding diaryl/α,β-unsaturated/α-hetero) is 1. The molecule has 1 amide bonds. The van der Waals surface area contributed by atoms with Crippen LogP contribution in [0.15, 0.2) is 24.3 Å². The lowest BCUT2D eigenvalue weighted by Crippen LogP contribution is -2.45. The minimum Gasteiger partial charge on any atom is -0.479 e. The number of hydrogen-bond donors (Lipinski definition) is 1. The summed E-state index contributed by atoms with van der Waals surface area (Å²) in [5.74, 6) is -0.507. The fourth-order valence-electron chi connectivity index (χ4n) is 4.08. The molecular weight excluding hydrogens is 358 g/mol. The number of aliphatic carboxylic acids is 1. The van der Waals surface area contributed by atoms with Crippen LogP contribution in [0.2, 0.25) is 0 Å². The van der Waals surface area contributed by atoms with E-state index in [1.807, 2.05) is 24.3 Å². The molecule has 6 nitrogen and oxygen atoms in total. The SMILES string of the molecule is CC(C)Cc1ccc(C(=O)C2CCN(C(=O)[C@@H]3CC[C@H](C(=O)O)O3)CC2)cc1. The van der Waals surface area contributed by atoms with Crippen LogP contribution in [-0.4, -0.2) is 53.0 Å². The maximum absolute atomic E-state index is 12.8. The number of amides is 1. The van der Waals surface area contributed by atoms with Crippen LogP contribution in [0, 0.1) is 11.8 Å². The number of ether oxygens (including phenoxy) is 1. The van der Waals surface area contributed by atoms with Crippen molar-refractivity contribution >= 4 is 17.7 Å². The Bertz CT molecular complexity index is 719. The van der Waals surface area contributed by atoms with Gasteiger partial charge in [-0.05, 0) is 43.6 Å². The van der Waals surface area contributed by atoms with Crippen molar-refractivity contribution in [1.29, 1.82) is 0 Å². The van der Waals surface area contributed by atoms with Crippen LogP contribution in [0.25, 0.3) is 0 Å². The van der Waals surface area contributed by atoms with Gasteiger partial charge in [0.15, 0.2) is 11.9 Å². The van der Waals surface area contributed by atoms with Gasteiger partial charge in [-0.15, -0.1) is 0 Å². The van der Waals surface area contributed by atoms with E-state index in [1.165, 1.54) is 5.56 Å².